The van der Waals surface area contributed by atoms with Crippen molar-refractivity contribution in [1.29, 1.82) is 0 Å². The molecule has 1 N–H and O–H groups in total. The van der Waals surface area contributed by atoms with Gasteiger partial charge in [-0.1, -0.05) is 25.1 Å². The van der Waals surface area contributed by atoms with Crippen LogP contribution in [-0.2, 0) is 13.5 Å². The Morgan fingerprint density at radius 3 is 2.81 bits per heavy atom. The number of likely N-dealkylation sites (N-methyl/N-ethyl adjacent to an activating group) is 1. The molecule has 1 atom stereocenters. The van der Waals surface area contributed by atoms with Gasteiger partial charge in [-0.3, -0.25) is 4.68 Å². The third-order valence-corrected chi connectivity index (χ3v) is 5.36. The highest BCUT2D eigenvalue weighted by Crippen LogP contribution is 2.30. The van der Waals surface area contributed by atoms with E-state index in [1.54, 1.807) is 11.3 Å². The van der Waals surface area contributed by atoms with Crippen LogP contribution in [0.1, 0.15) is 23.5 Å². The number of fused-ring (bicyclic) bond motifs is 1. The van der Waals surface area contributed by atoms with Crippen LogP contribution in [-0.4, -0.2) is 16.3 Å². The molecule has 3 rings (SSSR count). The number of nitrogens with zero attached hydrogens (tertiary/aromatic N) is 2. The maximum absolute atomic E-state index is 4.71. The monoisotopic (exact) mass is 363 g/mol. The van der Waals surface area contributed by atoms with Gasteiger partial charge in [0.05, 0.1) is 15.0 Å². The Bertz CT molecular complexity index is 747. The molecule has 0 aliphatic carbocycles. The Morgan fingerprint density at radius 1 is 1.29 bits per heavy atom. The van der Waals surface area contributed by atoms with E-state index in [-0.39, 0.29) is 0 Å². The number of rotatable bonds is 5. The van der Waals surface area contributed by atoms with E-state index in [0.717, 1.165) is 18.7 Å². The summed E-state index contributed by atoms with van der Waals surface area (Å²) in [6, 6.07) is 13.0. The lowest BCUT2D eigenvalue weighted by Crippen LogP contribution is -2.22. The number of thiophene rings is 1. The summed E-state index contributed by atoms with van der Waals surface area (Å²) in [6.45, 7) is 3.09. The molecule has 5 heteroatoms. The quantitative estimate of drug-likeness (QED) is 0.732. The van der Waals surface area contributed by atoms with Crippen molar-refractivity contribution in [3.8, 4) is 0 Å². The van der Waals surface area contributed by atoms with Gasteiger partial charge in [0.1, 0.15) is 0 Å². The van der Waals surface area contributed by atoms with Crippen LogP contribution >= 0.6 is 27.3 Å². The molecule has 0 aliphatic rings. The SMILES string of the molecule is CCNC(Cc1nn(C)c2ccccc12)c1ccc(Br)s1. The molecule has 0 fully saturated rings. The first-order valence-corrected chi connectivity index (χ1v) is 8.69. The van der Waals surface area contributed by atoms with Crippen LogP contribution in [0.5, 0.6) is 0 Å². The van der Waals surface area contributed by atoms with E-state index in [9.17, 15) is 0 Å². The van der Waals surface area contributed by atoms with E-state index >= 15 is 0 Å². The predicted molar refractivity (Wildman–Crippen MR) is 92.9 cm³/mol. The molecule has 0 spiro atoms. The van der Waals surface area contributed by atoms with E-state index in [0.29, 0.717) is 6.04 Å². The number of para-hydroxylation sites is 1. The number of aromatic nitrogens is 2. The van der Waals surface area contributed by atoms with Crippen LogP contribution in [0.4, 0.5) is 0 Å². The smallest absolute Gasteiger partial charge is 0.0722 e. The summed E-state index contributed by atoms with van der Waals surface area (Å²) in [5.41, 5.74) is 2.35. The predicted octanol–water partition coefficient (Wildman–Crippen LogP) is 4.29. The lowest BCUT2D eigenvalue weighted by molar-refractivity contribution is 0.549. The number of hydrogen-bond donors (Lipinski definition) is 1. The van der Waals surface area contributed by atoms with Crippen molar-refractivity contribution in [2.45, 2.75) is 19.4 Å². The highest BCUT2D eigenvalue weighted by atomic mass is 79.9. The normalized spacial score (nSPS) is 12.9. The third-order valence-electron chi connectivity index (χ3n) is 3.62. The van der Waals surface area contributed by atoms with Crippen molar-refractivity contribution in [3.63, 3.8) is 0 Å². The van der Waals surface area contributed by atoms with Crippen LogP contribution in [0.15, 0.2) is 40.2 Å². The first-order valence-electron chi connectivity index (χ1n) is 7.08. The number of halogens is 1. The zero-order valence-electron chi connectivity index (χ0n) is 12.1. The summed E-state index contributed by atoms with van der Waals surface area (Å²) in [6.07, 6.45) is 0.905. The average molecular weight is 364 g/mol. The van der Waals surface area contributed by atoms with Gasteiger partial charge < -0.3 is 5.32 Å². The zero-order chi connectivity index (χ0) is 14.8. The van der Waals surface area contributed by atoms with Crippen molar-refractivity contribution in [3.05, 3.63) is 50.8 Å². The van der Waals surface area contributed by atoms with Gasteiger partial charge in [0.2, 0.25) is 0 Å². The lowest BCUT2D eigenvalue weighted by Gasteiger charge is -2.15. The Hall–Kier alpha value is -1.17. The summed E-state index contributed by atoms with van der Waals surface area (Å²) in [5, 5.41) is 9.54. The van der Waals surface area contributed by atoms with Crippen molar-refractivity contribution in [2.75, 3.05) is 6.54 Å². The second kappa shape index (κ2) is 6.30. The number of nitrogens with one attached hydrogen (secondary N) is 1. The summed E-state index contributed by atoms with van der Waals surface area (Å²) >= 11 is 5.34. The van der Waals surface area contributed by atoms with E-state index in [1.165, 1.54) is 19.6 Å². The molecule has 2 aromatic heterocycles. The third kappa shape index (κ3) is 3.05. The lowest BCUT2D eigenvalue weighted by atomic mass is 10.1. The fourth-order valence-electron chi connectivity index (χ4n) is 2.67. The minimum absolute atomic E-state index is 0.310. The van der Waals surface area contributed by atoms with Gasteiger partial charge in [-0.25, -0.2) is 0 Å². The first kappa shape index (κ1) is 14.8. The molecule has 21 heavy (non-hydrogen) atoms. The topological polar surface area (TPSA) is 29.9 Å². The van der Waals surface area contributed by atoms with Crippen molar-refractivity contribution in [2.24, 2.45) is 7.05 Å². The van der Waals surface area contributed by atoms with E-state index in [1.807, 2.05) is 11.7 Å². The standard InChI is InChI=1S/C16H18BrN3S/c1-3-18-13(15-8-9-16(17)21-15)10-12-11-6-4-5-7-14(11)20(2)19-12/h4-9,13,18H,3,10H2,1-2H3. The highest BCUT2D eigenvalue weighted by Gasteiger charge is 2.17. The molecule has 3 nitrogen and oxygen atoms in total. The number of aryl methyl sites for hydroxylation is 1. The van der Waals surface area contributed by atoms with Crippen molar-refractivity contribution in [1.82, 2.24) is 15.1 Å². The van der Waals surface area contributed by atoms with Crippen molar-refractivity contribution >= 4 is 38.2 Å². The van der Waals surface area contributed by atoms with Crippen LogP contribution in [0.3, 0.4) is 0 Å². The summed E-state index contributed by atoms with van der Waals surface area (Å²) in [4.78, 5) is 1.35. The Kier molecular flexibility index (Phi) is 4.42. The number of benzene rings is 1. The molecule has 0 radical (unpaired) electrons. The van der Waals surface area contributed by atoms with E-state index < -0.39 is 0 Å². The van der Waals surface area contributed by atoms with E-state index in [2.05, 4.69) is 64.6 Å². The second-order valence-corrected chi connectivity index (χ2v) is 7.54. The van der Waals surface area contributed by atoms with Gasteiger partial charge >= 0.3 is 0 Å². The molecule has 1 unspecified atom stereocenters. The fourth-order valence-corrected chi connectivity index (χ4v) is 4.17. The minimum atomic E-state index is 0.310. The average Bonchev–Trinajstić information content (AvgIpc) is 3.04. The van der Waals surface area contributed by atoms with Gasteiger partial charge in [-0.05, 0) is 40.7 Å². The van der Waals surface area contributed by atoms with Crippen LogP contribution in [0.25, 0.3) is 10.9 Å². The molecule has 0 bridgehead atoms. The van der Waals surface area contributed by atoms with Gasteiger partial charge in [0, 0.05) is 29.8 Å². The van der Waals surface area contributed by atoms with Crippen LogP contribution in [0.2, 0.25) is 0 Å². The van der Waals surface area contributed by atoms with Crippen LogP contribution in [0, 0.1) is 0 Å². The Morgan fingerprint density at radius 2 is 2.10 bits per heavy atom. The molecular weight excluding hydrogens is 346 g/mol. The maximum atomic E-state index is 4.71. The molecule has 110 valence electrons. The Balaban J connectivity index is 1.94. The van der Waals surface area contributed by atoms with Gasteiger partial charge in [-0.15, -0.1) is 11.3 Å². The molecule has 0 amide bonds. The molecule has 1 aromatic carbocycles. The molecule has 3 aromatic rings. The second-order valence-electron chi connectivity index (χ2n) is 5.04. The van der Waals surface area contributed by atoms with E-state index in [4.69, 9.17) is 5.10 Å². The number of hydrogen-bond acceptors (Lipinski definition) is 3. The molecule has 0 aliphatic heterocycles. The molecule has 0 saturated carbocycles. The highest BCUT2D eigenvalue weighted by molar-refractivity contribution is 9.11. The largest absolute Gasteiger partial charge is 0.309 e. The molecule has 2 heterocycles. The fraction of sp³-hybridized carbons (Fsp3) is 0.312. The maximum Gasteiger partial charge on any atom is 0.0722 e. The first-order chi connectivity index (χ1) is 10.2. The molecular formula is C16H18BrN3S. The summed E-state index contributed by atoms with van der Waals surface area (Å²) < 4.78 is 3.14. The van der Waals surface area contributed by atoms with Gasteiger partial charge in [-0.2, -0.15) is 5.10 Å². The minimum Gasteiger partial charge on any atom is -0.309 e. The van der Waals surface area contributed by atoms with Crippen LogP contribution < -0.4 is 5.32 Å². The van der Waals surface area contributed by atoms with Gasteiger partial charge in [0.15, 0.2) is 0 Å². The van der Waals surface area contributed by atoms with Gasteiger partial charge in [0.25, 0.3) is 0 Å². The Labute approximate surface area is 137 Å². The summed E-state index contributed by atoms with van der Waals surface area (Å²) in [5.74, 6) is 0. The molecule has 0 saturated heterocycles. The zero-order valence-corrected chi connectivity index (χ0v) is 14.5. The van der Waals surface area contributed by atoms with Crippen molar-refractivity contribution < 1.29 is 0 Å². The summed E-state index contributed by atoms with van der Waals surface area (Å²) in [7, 11) is 2.01.